The van der Waals surface area contributed by atoms with Crippen LogP contribution in [0, 0.1) is 0 Å². The molecule has 128 valence electrons. The largest absolute Gasteiger partial charge is 0.415 e. The van der Waals surface area contributed by atoms with Crippen LogP contribution in [0.15, 0.2) is 58.7 Å². The SMILES string of the molecule is C=CC(=O)Nc1cccc(NC/C(=C\N=C(\Cl)N=C)C(F)(F)F)c1. The van der Waals surface area contributed by atoms with Crippen molar-refractivity contribution in [1.82, 2.24) is 0 Å². The molecule has 0 aliphatic heterocycles. The average Bonchev–Trinajstić information content (AvgIpc) is 2.53. The van der Waals surface area contributed by atoms with Gasteiger partial charge >= 0.3 is 6.18 Å². The Morgan fingerprint density at radius 1 is 1.33 bits per heavy atom. The lowest BCUT2D eigenvalue weighted by molar-refractivity contribution is -0.111. The Bertz CT molecular complexity index is 684. The smallest absolute Gasteiger partial charge is 0.381 e. The van der Waals surface area contributed by atoms with Gasteiger partial charge in [-0.05, 0) is 42.6 Å². The van der Waals surface area contributed by atoms with Crippen LogP contribution in [0.3, 0.4) is 0 Å². The fourth-order valence-corrected chi connectivity index (χ4v) is 1.54. The zero-order chi connectivity index (χ0) is 18.2. The minimum absolute atomic E-state index is 0.379. The molecule has 0 bridgehead atoms. The van der Waals surface area contributed by atoms with Crippen molar-refractivity contribution >= 4 is 40.9 Å². The van der Waals surface area contributed by atoms with E-state index in [4.69, 9.17) is 11.6 Å². The number of anilines is 2. The Balaban J connectivity index is 2.87. The van der Waals surface area contributed by atoms with Crippen LogP contribution >= 0.6 is 11.6 Å². The first-order valence-electron chi connectivity index (χ1n) is 6.50. The van der Waals surface area contributed by atoms with Crippen LogP contribution < -0.4 is 10.6 Å². The fourth-order valence-electron chi connectivity index (χ4n) is 1.49. The summed E-state index contributed by atoms with van der Waals surface area (Å²) in [6, 6.07) is 6.21. The molecule has 0 heterocycles. The van der Waals surface area contributed by atoms with E-state index in [1.807, 2.05) is 0 Å². The molecule has 1 amide bonds. The number of nitrogens with one attached hydrogen (secondary N) is 2. The number of carbonyl (C=O) groups is 1. The van der Waals surface area contributed by atoms with Crippen molar-refractivity contribution < 1.29 is 18.0 Å². The van der Waals surface area contributed by atoms with Gasteiger partial charge in [0.25, 0.3) is 0 Å². The van der Waals surface area contributed by atoms with Crippen LogP contribution in [0.1, 0.15) is 0 Å². The van der Waals surface area contributed by atoms with E-state index in [9.17, 15) is 18.0 Å². The third-order valence-electron chi connectivity index (χ3n) is 2.62. The number of hydrogen-bond donors (Lipinski definition) is 2. The lowest BCUT2D eigenvalue weighted by atomic mass is 10.2. The van der Waals surface area contributed by atoms with E-state index in [0.717, 1.165) is 6.08 Å². The van der Waals surface area contributed by atoms with E-state index in [0.29, 0.717) is 17.6 Å². The molecule has 0 saturated heterocycles. The summed E-state index contributed by atoms with van der Waals surface area (Å²) in [5.41, 5.74) is -0.159. The summed E-state index contributed by atoms with van der Waals surface area (Å²) in [7, 11) is 0. The van der Waals surface area contributed by atoms with Gasteiger partial charge < -0.3 is 10.6 Å². The number of aliphatic imine (C=N–C) groups is 2. The zero-order valence-electron chi connectivity index (χ0n) is 12.4. The molecule has 1 aromatic rings. The first-order valence-corrected chi connectivity index (χ1v) is 6.87. The van der Waals surface area contributed by atoms with Crippen LogP contribution in [-0.2, 0) is 4.79 Å². The number of amides is 1. The number of benzene rings is 1. The summed E-state index contributed by atoms with van der Waals surface area (Å²) in [5.74, 6) is -0.427. The number of nitrogens with zero attached hydrogens (tertiary/aromatic N) is 2. The maximum absolute atomic E-state index is 12.9. The van der Waals surface area contributed by atoms with Gasteiger partial charge in [-0.1, -0.05) is 12.6 Å². The van der Waals surface area contributed by atoms with Crippen LogP contribution in [0.4, 0.5) is 24.5 Å². The standard InChI is InChI=1S/C15H14ClF3N4O/c1-3-13(24)23-12-6-4-5-11(7-12)21-8-10(15(17,18)19)9-22-14(16)20-2/h3-7,9,21H,1-2,8H2,(H,23,24)/b10-9+,22-14-. The van der Waals surface area contributed by atoms with Gasteiger partial charge in [0.1, 0.15) is 0 Å². The second-order valence-corrected chi connectivity index (χ2v) is 4.67. The van der Waals surface area contributed by atoms with E-state index < -0.39 is 29.5 Å². The summed E-state index contributed by atoms with van der Waals surface area (Å²) in [6.07, 6.45) is -2.93. The molecule has 0 atom stereocenters. The molecule has 0 aliphatic carbocycles. The second kappa shape index (κ2) is 8.88. The summed E-state index contributed by atoms with van der Waals surface area (Å²) in [6.45, 7) is 5.82. The predicted octanol–water partition coefficient (Wildman–Crippen LogP) is 3.96. The molecule has 24 heavy (non-hydrogen) atoms. The number of halogens is 4. The normalized spacial score (nSPS) is 12.5. The maximum atomic E-state index is 12.9. The van der Waals surface area contributed by atoms with Crippen LogP contribution in [0.5, 0.6) is 0 Å². The minimum Gasteiger partial charge on any atom is -0.381 e. The molecular formula is C15H14ClF3N4O. The number of hydrogen-bond acceptors (Lipinski definition) is 3. The van der Waals surface area contributed by atoms with Crippen molar-refractivity contribution in [2.24, 2.45) is 9.98 Å². The van der Waals surface area contributed by atoms with Crippen LogP contribution in [-0.4, -0.2) is 30.6 Å². The zero-order valence-corrected chi connectivity index (χ0v) is 13.2. The average molecular weight is 359 g/mol. The van der Waals surface area contributed by atoms with Gasteiger partial charge in [-0.15, -0.1) is 0 Å². The molecule has 5 nitrogen and oxygen atoms in total. The second-order valence-electron chi connectivity index (χ2n) is 4.34. The van der Waals surface area contributed by atoms with Gasteiger partial charge in [-0.2, -0.15) is 13.2 Å². The topological polar surface area (TPSA) is 65.8 Å². The molecule has 1 aromatic carbocycles. The summed E-state index contributed by atoms with van der Waals surface area (Å²) in [4.78, 5) is 17.8. The van der Waals surface area contributed by atoms with E-state index >= 15 is 0 Å². The Labute approximate surface area is 141 Å². The minimum atomic E-state index is -4.59. The molecule has 1 rings (SSSR count). The number of alkyl halides is 3. The first-order chi connectivity index (χ1) is 11.3. The fraction of sp³-hybridized carbons (Fsp3) is 0.133. The maximum Gasteiger partial charge on any atom is 0.415 e. The number of rotatable bonds is 6. The van der Waals surface area contributed by atoms with Crippen LogP contribution in [0.25, 0.3) is 0 Å². The van der Waals surface area contributed by atoms with Crippen molar-refractivity contribution in [3.63, 3.8) is 0 Å². The van der Waals surface area contributed by atoms with Gasteiger partial charge in [-0.3, -0.25) is 4.79 Å². The highest BCUT2D eigenvalue weighted by Crippen LogP contribution is 2.26. The lowest BCUT2D eigenvalue weighted by Gasteiger charge is -2.13. The van der Waals surface area contributed by atoms with Gasteiger partial charge in [-0.25, -0.2) is 9.98 Å². The van der Waals surface area contributed by atoms with Crippen molar-refractivity contribution in [2.45, 2.75) is 6.18 Å². The Kier molecular flexibility index (Phi) is 7.19. The monoisotopic (exact) mass is 358 g/mol. The molecule has 0 unspecified atom stereocenters. The van der Waals surface area contributed by atoms with E-state index in [1.54, 1.807) is 18.2 Å². The predicted molar refractivity (Wildman–Crippen MR) is 90.7 cm³/mol. The lowest BCUT2D eigenvalue weighted by Crippen LogP contribution is -2.19. The highest BCUT2D eigenvalue weighted by molar-refractivity contribution is 6.65. The quantitative estimate of drug-likeness (QED) is 0.350. The molecule has 0 spiro atoms. The van der Waals surface area contributed by atoms with Gasteiger partial charge in [0, 0.05) is 24.1 Å². The summed E-state index contributed by atoms with van der Waals surface area (Å²) in [5, 5.41) is 4.71. The van der Waals surface area contributed by atoms with Gasteiger partial charge in [0.05, 0.1) is 5.57 Å². The first kappa shape index (κ1) is 19.4. The molecule has 2 N–H and O–H groups in total. The Morgan fingerprint density at radius 3 is 2.58 bits per heavy atom. The summed E-state index contributed by atoms with van der Waals surface area (Å²) >= 11 is 5.40. The van der Waals surface area contributed by atoms with Crippen LogP contribution in [0.2, 0.25) is 0 Å². The number of amidine groups is 1. The van der Waals surface area contributed by atoms with Crippen molar-refractivity contribution in [2.75, 3.05) is 17.2 Å². The molecule has 9 heteroatoms. The van der Waals surface area contributed by atoms with Gasteiger partial charge in [0.15, 0.2) is 0 Å². The third-order valence-corrected chi connectivity index (χ3v) is 2.84. The highest BCUT2D eigenvalue weighted by Gasteiger charge is 2.33. The number of carbonyl (C=O) groups excluding carboxylic acids is 1. The Hall–Kier alpha value is -2.61. The van der Waals surface area contributed by atoms with Crippen molar-refractivity contribution in [3.05, 3.63) is 48.7 Å². The molecular weight excluding hydrogens is 345 g/mol. The third kappa shape index (κ3) is 6.66. The molecule has 0 aliphatic rings. The van der Waals surface area contributed by atoms with E-state index in [-0.39, 0.29) is 0 Å². The summed E-state index contributed by atoms with van der Waals surface area (Å²) < 4.78 is 38.8. The Morgan fingerprint density at radius 2 is 2.00 bits per heavy atom. The molecule has 0 fully saturated rings. The van der Waals surface area contributed by atoms with Crippen molar-refractivity contribution in [3.8, 4) is 0 Å². The molecule has 0 aromatic heterocycles. The van der Waals surface area contributed by atoms with E-state index in [2.05, 4.69) is 33.9 Å². The van der Waals surface area contributed by atoms with Gasteiger partial charge in [0.2, 0.25) is 11.2 Å². The molecule has 0 saturated carbocycles. The van der Waals surface area contributed by atoms with Crippen molar-refractivity contribution in [1.29, 1.82) is 0 Å². The highest BCUT2D eigenvalue weighted by atomic mass is 35.5. The molecule has 0 radical (unpaired) electrons. The van der Waals surface area contributed by atoms with E-state index in [1.165, 1.54) is 6.07 Å².